The Labute approximate surface area is 107 Å². The van der Waals surface area contributed by atoms with E-state index >= 15 is 0 Å². The van der Waals surface area contributed by atoms with Gasteiger partial charge in [0.2, 0.25) is 0 Å². The van der Waals surface area contributed by atoms with Gasteiger partial charge in [-0.15, -0.1) is 0 Å². The van der Waals surface area contributed by atoms with E-state index < -0.39 is 5.97 Å². The summed E-state index contributed by atoms with van der Waals surface area (Å²) in [6, 6.07) is 0. The molecule has 2 heterocycles. The minimum atomic E-state index is -0.674. The number of aromatic nitrogens is 2. The maximum atomic E-state index is 11.1. The molecular formula is C13H21N3O2. The van der Waals surface area contributed by atoms with E-state index in [1.165, 1.54) is 5.69 Å². The van der Waals surface area contributed by atoms with Crippen LogP contribution in [0.5, 0.6) is 0 Å². The number of nitrogens with zero attached hydrogens (tertiary/aromatic N) is 3. The Morgan fingerprint density at radius 3 is 2.94 bits per heavy atom. The van der Waals surface area contributed by atoms with Crippen LogP contribution in [-0.4, -0.2) is 38.6 Å². The van der Waals surface area contributed by atoms with Crippen LogP contribution >= 0.6 is 0 Å². The molecule has 2 rings (SSSR count). The van der Waals surface area contributed by atoms with Gasteiger partial charge in [-0.05, 0) is 12.3 Å². The Hall–Kier alpha value is -1.36. The van der Waals surface area contributed by atoms with Crippen molar-refractivity contribution in [3.05, 3.63) is 18.2 Å². The summed E-state index contributed by atoms with van der Waals surface area (Å²) in [4.78, 5) is 17.5. The fourth-order valence-electron chi connectivity index (χ4n) is 2.67. The second kappa shape index (κ2) is 5.52. The number of aliphatic carboxylic acids is 1. The second-order valence-corrected chi connectivity index (χ2v) is 5.19. The monoisotopic (exact) mass is 251 g/mol. The molecule has 5 nitrogen and oxygen atoms in total. The first kappa shape index (κ1) is 13.1. The molecule has 0 bridgehead atoms. The van der Waals surface area contributed by atoms with Gasteiger partial charge in [0, 0.05) is 32.4 Å². The van der Waals surface area contributed by atoms with Crippen LogP contribution in [0.4, 0.5) is 0 Å². The van der Waals surface area contributed by atoms with Crippen molar-refractivity contribution in [1.82, 2.24) is 14.5 Å². The summed E-state index contributed by atoms with van der Waals surface area (Å²) in [5.74, 6) is -0.676. The van der Waals surface area contributed by atoms with Gasteiger partial charge in [0.15, 0.2) is 0 Å². The third kappa shape index (κ3) is 2.72. The highest BCUT2D eigenvalue weighted by molar-refractivity contribution is 5.71. The molecule has 1 aliphatic heterocycles. The lowest BCUT2D eigenvalue weighted by atomic mass is 9.99. The lowest BCUT2D eigenvalue weighted by Crippen LogP contribution is -2.24. The first-order valence-electron chi connectivity index (χ1n) is 6.56. The van der Waals surface area contributed by atoms with Crippen LogP contribution in [0.2, 0.25) is 0 Å². The molecule has 2 atom stereocenters. The Bertz CT molecular complexity index is 416. The normalized spacial score (nSPS) is 24.6. The van der Waals surface area contributed by atoms with Gasteiger partial charge in [-0.25, -0.2) is 4.98 Å². The number of carboxylic acids is 1. The van der Waals surface area contributed by atoms with Gasteiger partial charge in [-0.3, -0.25) is 9.69 Å². The Morgan fingerprint density at radius 1 is 1.56 bits per heavy atom. The summed E-state index contributed by atoms with van der Waals surface area (Å²) in [7, 11) is 0. The summed E-state index contributed by atoms with van der Waals surface area (Å²) in [6.07, 6.45) is 4.82. The molecule has 5 heteroatoms. The highest BCUT2D eigenvalue weighted by atomic mass is 16.4. The van der Waals surface area contributed by atoms with E-state index in [9.17, 15) is 4.79 Å². The van der Waals surface area contributed by atoms with Gasteiger partial charge in [-0.1, -0.05) is 13.8 Å². The van der Waals surface area contributed by atoms with E-state index in [1.807, 2.05) is 19.4 Å². The molecule has 1 aliphatic rings. The number of carbonyl (C=O) groups is 1. The third-order valence-corrected chi connectivity index (χ3v) is 3.65. The molecule has 0 spiro atoms. The maximum Gasteiger partial charge on any atom is 0.308 e. The molecule has 0 radical (unpaired) electrons. The van der Waals surface area contributed by atoms with E-state index in [1.54, 1.807) is 0 Å². The van der Waals surface area contributed by atoms with Crippen LogP contribution in [0, 0.1) is 11.8 Å². The minimum Gasteiger partial charge on any atom is -0.481 e. The van der Waals surface area contributed by atoms with Crippen LogP contribution < -0.4 is 0 Å². The van der Waals surface area contributed by atoms with Crippen molar-refractivity contribution in [3.63, 3.8) is 0 Å². The molecule has 1 aromatic rings. The van der Waals surface area contributed by atoms with Crippen molar-refractivity contribution < 1.29 is 9.90 Å². The first-order valence-corrected chi connectivity index (χ1v) is 6.56. The number of hydrogen-bond donors (Lipinski definition) is 1. The van der Waals surface area contributed by atoms with Crippen LogP contribution in [-0.2, 0) is 17.9 Å². The summed E-state index contributed by atoms with van der Waals surface area (Å²) in [5.41, 5.74) is 1.18. The average molecular weight is 251 g/mol. The van der Waals surface area contributed by atoms with Gasteiger partial charge in [-0.2, -0.15) is 0 Å². The van der Waals surface area contributed by atoms with Gasteiger partial charge < -0.3 is 9.67 Å². The number of hydrogen-bond acceptors (Lipinski definition) is 3. The summed E-state index contributed by atoms with van der Waals surface area (Å²) < 4.78 is 2.15. The summed E-state index contributed by atoms with van der Waals surface area (Å²) in [5, 5.41) is 9.12. The molecular weight excluding hydrogens is 230 g/mol. The largest absolute Gasteiger partial charge is 0.481 e. The van der Waals surface area contributed by atoms with Gasteiger partial charge in [0.05, 0.1) is 17.9 Å². The molecule has 0 saturated carbocycles. The van der Waals surface area contributed by atoms with Crippen molar-refractivity contribution in [2.75, 3.05) is 13.1 Å². The Balaban J connectivity index is 1.98. The predicted octanol–water partition coefficient (Wildman–Crippen LogP) is 1.45. The lowest BCUT2D eigenvalue weighted by molar-refractivity contribution is -0.142. The fourth-order valence-corrected chi connectivity index (χ4v) is 2.67. The number of likely N-dealkylation sites (tertiary alicyclic amines) is 1. The van der Waals surface area contributed by atoms with Crippen LogP contribution in [0.3, 0.4) is 0 Å². The molecule has 100 valence electrons. The molecule has 1 N–H and O–H groups in total. The number of carboxylic acid groups (broad SMARTS) is 1. The average Bonchev–Trinajstić information content (AvgIpc) is 2.87. The molecule has 0 aromatic carbocycles. The topological polar surface area (TPSA) is 58.4 Å². The third-order valence-electron chi connectivity index (χ3n) is 3.65. The molecule has 1 saturated heterocycles. The Morgan fingerprint density at radius 2 is 2.33 bits per heavy atom. The van der Waals surface area contributed by atoms with E-state index in [0.29, 0.717) is 6.54 Å². The highest BCUT2D eigenvalue weighted by Crippen LogP contribution is 2.24. The smallest absolute Gasteiger partial charge is 0.308 e. The quantitative estimate of drug-likeness (QED) is 0.860. The number of aryl methyl sites for hydroxylation is 1. The fraction of sp³-hybridized carbons (Fsp3) is 0.692. The van der Waals surface area contributed by atoms with Crippen LogP contribution in [0.25, 0.3) is 0 Å². The van der Waals surface area contributed by atoms with Gasteiger partial charge in [0.1, 0.15) is 0 Å². The molecule has 1 fully saturated rings. The molecule has 0 unspecified atom stereocenters. The highest BCUT2D eigenvalue weighted by Gasteiger charge is 2.34. The molecule has 0 aliphatic carbocycles. The number of imidazole rings is 1. The first-order chi connectivity index (χ1) is 8.61. The lowest BCUT2D eigenvalue weighted by Gasteiger charge is -2.16. The zero-order valence-electron chi connectivity index (χ0n) is 11.0. The maximum absolute atomic E-state index is 11.1. The van der Waals surface area contributed by atoms with E-state index in [2.05, 4.69) is 21.4 Å². The van der Waals surface area contributed by atoms with Crippen LogP contribution in [0.1, 0.15) is 26.0 Å². The van der Waals surface area contributed by atoms with Gasteiger partial charge >= 0.3 is 5.97 Å². The minimum absolute atomic E-state index is 0.227. The van der Waals surface area contributed by atoms with Crippen molar-refractivity contribution >= 4 is 5.97 Å². The van der Waals surface area contributed by atoms with E-state index in [4.69, 9.17) is 5.11 Å². The molecule has 18 heavy (non-hydrogen) atoms. The van der Waals surface area contributed by atoms with Gasteiger partial charge in [0.25, 0.3) is 0 Å². The predicted molar refractivity (Wildman–Crippen MR) is 68.1 cm³/mol. The SMILES string of the molecule is CCCn1cncc1CN1C[C@@H](C)[C@H](C(=O)O)C1. The zero-order valence-corrected chi connectivity index (χ0v) is 11.0. The van der Waals surface area contributed by atoms with E-state index in [-0.39, 0.29) is 11.8 Å². The second-order valence-electron chi connectivity index (χ2n) is 5.19. The van der Waals surface area contributed by atoms with Crippen molar-refractivity contribution in [2.24, 2.45) is 11.8 Å². The zero-order chi connectivity index (χ0) is 13.1. The van der Waals surface area contributed by atoms with E-state index in [0.717, 1.165) is 26.1 Å². The summed E-state index contributed by atoms with van der Waals surface area (Å²) in [6.45, 7) is 7.43. The standard InChI is InChI=1S/C13H21N3O2/c1-3-4-16-9-14-5-11(16)7-15-6-10(2)12(8-15)13(17)18/h5,9-10,12H,3-4,6-8H2,1-2H3,(H,17,18)/t10-,12-/m1/s1. The number of rotatable bonds is 5. The van der Waals surface area contributed by atoms with Crippen molar-refractivity contribution in [3.8, 4) is 0 Å². The van der Waals surface area contributed by atoms with Crippen LogP contribution in [0.15, 0.2) is 12.5 Å². The van der Waals surface area contributed by atoms with Crippen molar-refractivity contribution in [2.45, 2.75) is 33.4 Å². The summed E-state index contributed by atoms with van der Waals surface area (Å²) >= 11 is 0. The molecule has 1 aromatic heterocycles. The van der Waals surface area contributed by atoms with Crippen molar-refractivity contribution in [1.29, 1.82) is 0 Å². The Kier molecular flexibility index (Phi) is 4.01. The molecule has 0 amide bonds.